The third kappa shape index (κ3) is 13.3. The van der Waals surface area contributed by atoms with Crippen LogP contribution in [0.25, 0.3) is 22.5 Å². The number of hydrogen-bond acceptors (Lipinski definition) is 12. The lowest BCUT2D eigenvalue weighted by atomic mass is 9.49. The van der Waals surface area contributed by atoms with Gasteiger partial charge in [0, 0.05) is 16.6 Å². The first-order chi connectivity index (χ1) is 38.0. The summed E-state index contributed by atoms with van der Waals surface area (Å²) in [4.78, 5) is 46.7. The molecule has 2 aliphatic carbocycles. The number of carbonyl (C=O) groups excluding carboxylic acids is 2. The van der Waals surface area contributed by atoms with Crippen molar-refractivity contribution in [3.8, 4) is 22.5 Å². The van der Waals surface area contributed by atoms with Crippen molar-refractivity contribution in [1.82, 2.24) is 29.7 Å². The molecule has 11 rings (SSSR count). The van der Waals surface area contributed by atoms with Crippen molar-refractivity contribution in [2.75, 3.05) is 0 Å². The fraction of sp³-hybridized carbons (Fsp3) is 0.677. The summed E-state index contributed by atoms with van der Waals surface area (Å²) >= 11 is 3.48. The van der Waals surface area contributed by atoms with E-state index in [-0.39, 0.29) is 77.1 Å². The topological polar surface area (TPSA) is 172 Å². The Morgan fingerprint density at radius 1 is 0.524 bits per heavy atom. The zero-order valence-corrected chi connectivity index (χ0v) is 53.9. The number of nitrogens with one attached hydrogen (secondary N) is 2. The number of fused-ring (bicyclic) bond motifs is 2. The molecule has 446 valence electrons. The van der Waals surface area contributed by atoms with Crippen LogP contribution < -0.4 is 5.46 Å². The van der Waals surface area contributed by atoms with Crippen molar-refractivity contribution in [3.05, 3.63) is 77.0 Å². The van der Waals surface area contributed by atoms with Gasteiger partial charge in [-0.05, 0) is 204 Å². The number of likely N-dealkylation sites (tertiary alicyclic amines) is 2. The van der Waals surface area contributed by atoms with Gasteiger partial charge in [0.2, 0.25) is 0 Å². The van der Waals surface area contributed by atoms with Crippen LogP contribution in [0.2, 0.25) is 0 Å². The average molecular weight is 1190 g/mol. The molecule has 5 aliphatic heterocycles. The second kappa shape index (κ2) is 22.9. The fourth-order valence-corrected chi connectivity index (χ4v) is 12.6. The minimum absolute atomic E-state index is 0.0489. The molecule has 0 radical (unpaired) electrons. The molecule has 2 saturated carbocycles. The van der Waals surface area contributed by atoms with Gasteiger partial charge in [-0.25, -0.2) is 19.6 Å². The molecule has 2 aromatic heterocycles. The molecule has 16 nitrogen and oxygen atoms in total. The number of benzene rings is 2. The van der Waals surface area contributed by atoms with Crippen molar-refractivity contribution in [2.24, 2.45) is 11.8 Å². The minimum Gasteiger partial charge on any atom is -0.444 e. The highest BCUT2D eigenvalue weighted by molar-refractivity contribution is 9.10. The monoisotopic (exact) mass is 1190 g/mol. The van der Waals surface area contributed by atoms with E-state index >= 15 is 0 Å². The molecule has 7 heterocycles. The molecule has 2 amide bonds. The molecule has 7 fully saturated rings. The Hall–Kier alpha value is -4.17. The normalized spacial score (nSPS) is 27.5. The lowest BCUT2D eigenvalue weighted by Crippen LogP contribution is -2.43. The number of rotatable bonds is 6. The van der Waals surface area contributed by atoms with Crippen LogP contribution in [0.1, 0.15) is 213 Å². The van der Waals surface area contributed by atoms with Crippen molar-refractivity contribution in [1.29, 1.82) is 0 Å². The predicted molar refractivity (Wildman–Crippen MR) is 326 cm³/mol. The molecule has 5 saturated heterocycles. The summed E-state index contributed by atoms with van der Waals surface area (Å²) in [5, 5.41) is 0. The smallest absolute Gasteiger partial charge is 0.444 e. The van der Waals surface area contributed by atoms with Crippen molar-refractivity contribution in [2.45, 2.75) is 258 Å². The van der Waals surface area contributed by atoms with E-state index in [1.165, 1.54) is 25.7 Å². The minimum atomic E-state index is -0.526. The first-order valence-electron chi connectivity index (χ1n) is 30.1. The number of nitrogens with zero attached hydrogens (tertiary/aromatic N) is 4. The van der Waals surface area contributed by atoms with Crippen molar-refractivity contribution in [3.63, 3.8) is 0 Å². The average Bonchev–Trinajstić information content (AvgIpc) is 4.46. The third-order valence-corrected chi connectivity index (χ3v) is 19.4. The van der Waals surface area contributed by atoms with Gasteiger partial charge in [-0.2, -0.15) is 0 Å². The molecule has 20 heteroatoms. The SMILES string of the molecule is CC(C)(C)OC(=O)N1[C@H](c2ncc(-c3ccc(B4OC(C)(C)C(C)(C)O4)cc3)[nH]2)C[C@@H]2CCCC[C@@H]21.CC(C)(C)OC(=O)N1[C@H](c2ncc(-c3ccc(Br)cc3)[nH]2)C[C@@H]2CCCC[C@@H]21.CC1(C)OB(B2OC(C)(C)C(C)(C)O2)OC1(C)C. The molecule has 2 N–H and O–H groups in total. The number of amides is 2. The molecule has 7 aliphatic rings. The molecular formula is C62H92B3BrN6O10. The summed E-state index contributed by atoms with van der Waals surface area (Å²) in [6.07, 6.45) is 14.4. The maximum Gasteiger partial charge on any atom is 0.494 e. The van der Waals surface area contributed by atoms with Gasteiger partial charge in [0.05, 0.1) is 69.5 Å². The maximum absolute atomic E-state index is 13.3. The molecule has 6 atom stereocenters. The van der Waals surface area contributed by atoms with Crippen LogP contribution in [0.4, 0.5) is 9.59 Å². The largest absolute Gasteiger partial charge is 0.494 e. The maximum atomic E-state index is 13.3. The molecule has 0 bridgehead atoms. The number of hydrogen-bond donors (Lipinski definition) is 2. The molecule has 2 aromatic carbocycles. The van der Waals surface area contributed by atoms with Gasteiger partial charge in [-0.15, -0.1) is 0 Å². The molecule has 0 unspecified atom stereocenters. The highest BCUT2D eigenvalue weighted by atomic mass is 79.9. The number of aromatic nitrogens is 4. The second-order valence-electron chi connectivity index (χ2n) is 28.8. The van der Waals surface area contributed by atoms with Crippen molar-refractivity contribution < 1.29 is 47.0 Å². The Kier molecular flexibility index (Phi) is 17.4. The Balaban J connectivity index is 0.000000157. The van der Waals surface area contributed by atoms with E-state index in [1.54, 1.807) is 0 Å². The van der Waals surface area contributed by atoms with Crippen LogP contribution in [-0.2, 0) is 37.4 Å². The number of halogens is 1. The molecular weight excluding hydrogens is 1100 g/mol. The molecule has 4 aromatic rings. The van der Waals surface area contributed by atoms with Crippen LogP contribution in [0.3, 0.4) is 0 Å². The van der Waals surface area contributed by atoms with Crippen LogP contribution in [-0.4, -0.2) is 120 Å². The Morgan fingerprint density at radius 2 is 0.854 bits per heavy atom. The summed E-state index contributed by atoms with van der Waals surface area (Å²) in [5.41, 5.74) is 1.82. The van der Waals surface area contributed by atoms with E-state index in [0.29, 0.717) is 11.8 Å². The third-order valence-electron chi connectivity index (χ3n) is 18.9. The Bertz CT molecular complexity index is 2800. The number of imidazole rings is 2. The van der Waals surface area contributed by atoms with Gasteiger partial charge in [0.15, 0.2) is 0 Å². The zero-order chi connectivity index (χ0) is 59.8. The highest BCUT2D eigenvalue weighted by Crippen LogP contribution is 2.49. The van der Waals surface area contributed by atoms with Gasteiger partial charge in [0.25, 0.3) is 0 Å². The van der Waals surface area contributed by atoms with Gasteiger partial charge < -0.3 is 47.4 Å². The van der Waals surface area contributed by atoms with E-state index in [4.69, 9.17) is 42.4 Å². The van der Waals surface area contributed by atoms with E-state index in [2.05, 4.69) is 95.0 Å². The van der Waals surface area contributed by atoms with E-state index in [1.807, 2.05) is 131 Å². The standard InChI is InChI=1S/C28H40BN3O4.C22H28BrN3O2.C12H24B2O4/c1-26(2,3)34-25(33)32-22-11-9-8-10-19(22)16-23(32)24-30-17-21(31-24)18-12-14-20(15-13-18)29-35-27(4,5)28(6,7)36-29;1-22(2,3)28-21(27)26-18-7-5-4-6-15(18)12-19(26)20-24-13-17(25-20)14-8-10-16(23)11-9-14;1-9(2)10(3,4)16-13(15-9)14-17-11(5,6)12(7,8)18-14/h12-15,17,19,22-23H,8-11,16H2,1-7H3,(H,30,31);8-11,13,15,18-19H,4-7,12H2,1-3H3,(H,24,25);1-8H3/t19-,22-,23-;15-,18-,19-;/m00./s1. The van der Waals surface area contributed by atoms with Gasteiger partial charge in [-0.3, -0.25) is 9.80 Å². The Morgan fingerprint density at radius 3 is 1.21 bits per heavy atom. The lowest BCUT2D eigenvalue weighted by Gasteiger charge is -2.34. The summed E-state index contributed by atoms with van der Waals surface area (Å²) in [5.74, 6) is 2.73. The van der Waals surface area contributed by atoms with Crippen LogP contribution in [0.5, 0.6) is 0 Å². The number of H-pyrrole nitrogens is 2. The van der Waals surface area contributed by atoms with E-state index in [0.717, 1.165) is 82.6 Å². The van der Waals surface area contributed by atoms with Gasteiger partial charge in [0.1, 0.15) is 22.9 Å². The first-order valence-corrected chi connectivity index (χ1v) is 30.9. The summed E-state index contributed by atoms with van der Waals surface area (Å²) < 4.78 is 48.9. The quantitative estimate of drug-likeness (QED) is 0.175. The predicted octanol–water partition coefficient (Wildman–Crippen LogP) is 13.9. The second-order valence-corrected chi connectivity index (χ2v) is 29.7. The van der Waals surface area contributed by atoms with Gasteiger partial charge >= 0.3 is 33.3 Å². The number of carbonyl (C=O) groups is 2. The zero-order valence-electron chi connectivity index (χ0n) is 52.3. The van der Waals surface area contributed by atoms with Crippen LogP contribution in [0, 0.1) is 11.8 Å². The number of ether oxygens (including phenoxy) is 2. The van der Waals surface area contributed by atoms with E-state index in [9.17, 15) is 9.59 Å². The summed E-state index contributed by atoms with van der Waals surface area (Å²) in [6.45, 7) is 36.0. The fourth-order valence-electron chi connectivity index (χ4n) is 12.3. The lowest BCUT2D eigenvalue weighted by molar-refractivity contribution is 0.00578. The summed E-state index contributed by atoms with van der Waals surface area (Å²) in [7, 11) is -1.34. The highest BCUT2D eigenvalue weighted by Gasteiger charge is 2.64. The van der Waals surface area contributed by atoms with E-state index < -0.39 is 25.2 Å². The van der Waals surface area contributed by atoms with Crippen LogP contribution >= 0.6 is 15.9 Å². The number of aromatic amines is 2. The summed E-state index contributed by atoms with van der Waals surface area (Å²) in [6, 6.07) is 16.7. The Labute approximate surface area is 498 Å². The van der Waals surface area contributed by atoms with Crippen molar-refractivity contribution >= 4 is 54.7 Å². The van der Waals surface area contributed by atoms with Crippen LogP contribution in [0.15, 0.2) is 65.4 Å². The molecule has 0 spiro atoms. The van der Waals surface area contributed by atoms with Gasteiger partial charge in [-0.1, -0.05) is 78.0 Å². The first kappa shape index (κ1) is 62.4. The molecule has 82 heavy (non-hydrogen) atoms.